The van der Waals surface area contributed by atoms with Crippen molar-refractivity contribution in [3.8, 4) is 5.75 Å². The average molecular weight is 266 g/mol. The Kier molecular flexibility index (Phi) is 6.18. The number of nitrogens with two attached hydrogens (primary N) is 1. The third-order valence-corrected chi connectivity index (χ3v) is 2.22. The van der Waals surface area contributed by atoms with Crippen LogP contribution in [0, 0.1) is 0 Å². The fraction of sp³-hybridized carbons (Fsp3) is 0.300. The number of carbonyl (C=O) groups is 1. The van der Waals surface area contributed by atoms with E-state index in [-0.39, 0.29) is 12.4 Å². The number of ether oxygens (including phenoxy) is 2. The van der Waals surface area contributed by atoms with Crippen molar-refractivity contribution in [3.63, 3.8) is 0 Å². The summed E-state index contributed by atoms with van der Waals surface area (Å²) >= 11 is 5.80. The summed E-state index contributed by atoms with van der Waals surface area (Å²) in [6, 6.07) is 4.01. The second-order valence-electron chi connectivity index (χ2n) is 2.89. The SMILES string of the molecule is COC(=O)[C@@H](N)c1cc(Cl)ccc1OC.Cl. The number of benzene rings is 1. The summed E-state index contributed by atoms with van der Waals surface area (Å²) in [6.07, 6.45) is 0. The third-order valence-electron chi connectivity index (χ3n) is 1.98. The van der Waals surface area contributed by atoms with Crippen molar-refractivity contribution < 1.29 is 14.3 Å². The molecule has 0 aliphatic heterocycles. The van der Waals surface area contributed by atoms with Gasteiger partial charge in [0.1, 0.15) is 11.8 Å². The van der Waals surface area contributed by atoms with Crippen molar-refractivity contribution in [1.29, 1.82) is 0 Å². The van der Waals surface area contributed by atoms with E-state index in [1.807, 2.05) is 0 Å². The van der Waals surface area contributed by atoms with Gasteiger partial charge in [-0.15, -0.1) is 12.4 Å². The van der Waals surface area contributed by atoms with Gasteiger partial charge >= 0.3 is 5.97 Å². The largest absolute Gasteiger partial charge is 0.496 e. The minimum absolute atomic E-state index is 0. The number of esters is 1. The molecule has 2 N–H and O–H groups in total. The first-order chi connectivity index (χ1) is 7.10. The lowest BCUT2D eigenvalue weighted by Crippen LogP contribution is -2.23. The lowest BCUT2D eigenvalue weighted by Gasteiger charge is -2.13. The van der Waals surface area contributed by atoms with Crippen molar-refractivity contribution in [2.24, 2.45) is 5.73 Å². The quantitative estimate of drug-likeness (QED) is 0.849. The maximum Gasteiger partial charge on any atom is 0.327 e. The van der Waals surface area contributed by atoms with Gasteiger partial charge in [0.25, 0.3) is 0 Å². The van der Waals surface area contributed by atoms with E-state index in [4.69, 9.17) is 22.1 Å². The number of halogens is 2. The van der Waals surface area contributed by atoms with Crippen LogP contribution in [0.4, 0.5) is 0 Å². The van der Waals surface area contributed by atoms with Crippen molar-refractivity contribution in [3.05, 3.63) is 28.8 Å². The highest BCUT2D eigenvalue weighted by Crippen LogP contribution is 2.27. The number of hydrogen-bond acceptors (Lipinski definition) is 4. The van der Waals surface area contributed by atoms with Gasteiger partial charge in [0.05, 0.1) is 14.2 Å². The van der Waals surface area contributed by atoms with Crippen LogP contribution in [0.5, 0.6) is 5.75 Å². The van der Waals surface area contributed by atoms with E-state index >= 15 is 0 Å². The molecule has 0 fully saturated rings. The Balaban J connectivity index is 0.00000225. The van der Waals surface area contributed by atoms with Crippen molar-refractivity contribution >= 4 is 30.0 Å². The molecule has 0 aliphatic carbocycles. The summed E-state index contributed by atoms with van der Waals surface area (Å²) in [5, 5.41) is 0.491. The highest BCUT2D eigenvalue weighted by atomic mass is 35.5. The second kappa shape index (κ2) is 6.58. The molecule has 0 aromatic heterocycles. The second-order valence-corrected chi connectivity index (χ2v) is 3.32. The van der Waals surface area contributed by atoms with E-state index < -0.39 is 12.0 Å². The molecule has 1 aromatic carbocycles. The normalized spacial score (nSPS) is 11.2. The zero-order valence-electron chi connectivity index (χ0n) is 8.90. The van der Waals surface area contributed by atoms with E-state index in [0.29, 0.717) is 16.3 Å². The van der Waals surface area contributed by atoms with Gasteiger partial charge in [-0.2, -0.15) is 0 Å². The minimum Gasteiger partial charge on any atom is -0.496 e. The van der Waals surface area contributed by atoms with Gasteiger partial charge in [-0.25, -0.2) is 0 Å². The number of rotatable bonds is 3. The molecule has 0 unspecified atom stereocenters. The zero-order chi connectivity index (χ0) is 11.4. The first kappa shape index (κ1) is 15.0. The Hall–Kier alpha value is -0.970. The Morgan fingerprint density at radius 2 is 2.06 bits per heavy atom. The Bertz CT molecular complexity index is 371. The van der Waals surface area contributed by atoms with Crippen molar-refractivity contribution in [2.45, 2.75) is 6.04 Å². The van der Waals surface area contributed by atoms with Crippen LogP contribution >= 0.6 is 24.0 Å². The van der Waals surface area contributed by atoms with Crippen LogP contribution in [-0.2, 0) is 9.53 Å². The molecule has 0 saturated heterocycles. The van der Waals surface area contributed by atoms with Crippen molar-refractivity contribution in [2.75, 3.05) is 14.2 Å². The molecule has 16 heavy (non-hydrogen) atoms. The summed E-state index contributed by atoms with van der Waals surface area (Å²) in [6.45, 7) is 0. The molecule has 0 aliphatic rings. The van der Waals surface area contributed by atoms with E-state index in [1.165, 1.54) is 14.2 Å². The van der Waals surface area contributed by atoms with E-state index in [9.17, 15) is 4.79 Å². The standard InChI is InChI=1S/C10H12ClNO3.ClH/c1-14-8-4-3-6(11)5-7(8)9(12)10(13)15-2;/h3-5,9H,12H2,1-2H3;1H/t9-;/m0./s1. The Morgan fingerprint density at radius 3 is 2.56 bits per heavy atom. The maximum atomic E-state index is 11.2. The third kappa shape index (κ3) is 3.27. The molecule has 0 spiro atoms. The summed E-state index contributed by atoms with van der Waals surface area (Å²) in [5.41, 5.74) is 6.19. The van der Waals surface area contributed by atoms with Gasteiger partial charge in [0, 0.05) is 10.6 Å². The predicted octanol–water partition coefficient (Wildman–Crippen LogP) is 1.94. The van der Waals surface area contributed by atoms with Crippen LogP contribution in [0.25, 0.3) is 0 Å². The van der Waals surface area contributed by atoms with Gasteiger partial charge < -0.3 is 15.2 Å². The molecule has 0 amide bonds. The molecule has 6 heteroatoms. The highest BCUT2D eigenvalue weighted by Gasteiger charge is 2.20. The molecule has 4 nitrogen and oxygen atoms in total. The molecule has 90 valence electrons. The molecule has 1 aromatic rings. The molecular formula is C10H13Cl2NO3. The van der Waals surface area contributed by atoms with Crippen LogP contribution in [-0.4, -0.2) is 20.2 Å². The summed E-state index contributed by atoms with van der Waals surface area (Å²) < 4.78 is 9.61. The van der Waals surface area contributed by atoms with Gasteiger partial charge in [0.15, 0.2) is 0 Å². The summed E-state index contributed by atoms with van der Waals surface area (Å²) in [5.74, 6) is -0.0205. The summed E-state index contributed by atoms with van der Waals surface area (Å²) in [4.78, 5) is 11.2. The van der Waals surface area contributed by atoms with E-state index in [2.05, 4.69) is 4.74 Å². The fourth-order valence-electron chi connectivity index (χ4n) is 1.20. The molecule has 0 bridgehead atoms. The van der Waals surface area contributed by atoms with Crippen LogP contribution in [0.3, 0.4) is 0 Å². The molecule has 1 rings (SSSR count). The maximum absolute atomic E-state index is 11.2. The Morgan fingerprint density at radius 1 is 1.44 bits per heavy atom. The predicted molar refractivity (Wildman–Crippen MR) is 64.2 cm³/mol. The lowest BCUT2D eigenvalue weighted by atomic mass is 10.1. The van der Waals surface area contributed by atoms with Crippen LogP contribution in [0.1, 0.15) is 11.6 Å². The number of carbonyl (C=O) groups excluding carboxylic acids is 1. The van der Waals surface area contributed by atoms with Gasteiger partial charge in [0.2, 0.25) is 0 Å². The van der Waals surface area contributed by atoms with Crippen LogP contribution < -0.4 is 10.5 Å². The molecule has 1 atom stereocenters. The first-order valence-corrected chi connectivity index (χ1v) is 4.64. The molecule has 0 radical (unpaired) electrons. The number of hydrogen-bond donors (Lipinski definition) is 1. The first-order valence-electron chi connectivity index (χ1n) is 4.27. The zero-order valence-corrected chi connectivity index (χ0v) is 10.5. The lowest BCUT2D eigenvalue weighted by molar-refractivity contribution is -0.142. The van der Waals surface area contributed by atoms with Gasteiger partial charge in [-0.05, 0) is 18.2 Å². The number of methoxy groups -OCH3 is 2. The minimum atomic E-state index is -0.886. The van der Waals surface area contributed by atoms with Gasteiger partial charge in [-0.3, -0.25) is 4.79 Å². The van der Waals surface area contributed by atoms with Gasteiger partial charge in [-0.1, -0.05) is 11.6 Å². The molecular weight excluding hydrogens is 253 g/mol. The monoisotopic (exact) mass is 265 g/mol. The molecule has 0 heterocycles. The van der Waals surface area contributed by atoms with E-state index in [1.54, 1.807) is 18.2 Å². The highest BCUT2D eigenvalue weighted by molar-refractivity contribution is 6.30. The van der Waals surface area contributed by atoms with Crippen LogP contribution in [0.2, 0.25) is 5.02 Å². The fourth-order valence-corrected chi connectivity index (χ4v) is 1.38. The Labute approximate surface area is 105 Å². The van der Waals surface area contributed by atoms with E-state index in [0.717, 1.165) is 0 Å². The smallest absolute Gasteiger partial charge is 0.327 e. The van der Waals surface area contributed by atoms with Crippen LogP contribution in [0.15, 0.2) is 18.2 Å². The average Bonchev–Trinajstić information content (AvgIpc) is 2.27. The molecule has 0 saturated carbocycles. The topological polar surface area (TPSA) is 61.5 Å². The summed E-state index contributed by atoms with van der Waals surface area (Å²) in [7, 11) is 2.77. The van der Waals surface area contributed by atoms with Crippen molar-refractivity contribution in [1.82, 2.24) is 0 Å².